The predicted octanol–water partition coefficient (Wildman–Crippen LogP) is 3.38. The van der Waals surface area contributed by atoms with E-state index in [9.17, 15) is 4.39 Å². The quantitative estimate of drug-likeness (QED) is 0.711. The number of benzene rings is 1. The van der Waals surface area contributed by atoms with Crippen molar-refractivity contribution in [3.63, 3.8) is 0 Å². The van der Waals surface area contributed by atoms with Gasteiger partial charge in [-0.05, 0) is 46.6 Å². The number of halogens is 2. The average molecular weight is 228 g/mol. The van der Waals surface area contributed by atoms with Crippen LogP contribution in [-0.4, -0.2) is 4.98 Å². The van der Waals surface area contributed by atoms with Crippen LogP contribution < -0.4 is 0 Å². The Hall–Kier alpha value is -0.830. The Morgan fingerprint density at radius 2 is 2.17 bits per heavy atom. The lowest BCUT2D eigenvalue weighted by Gasteiger charge is -1.90. The number of nitrogens with one attached hydrogen (secondary N) is 1. The van der Waals surface area contributed by atoms with Crippen LogP contribution >= 0.6 is 15.9 Å². The molecule has 2 rings (SSSR count). The maximum Gasteiger partial charge on any atom is 0.123 e. The molecule has 0 aliphatic rings. The Labute approximate surface area is 77.7 Å². The number of H-pyrrole nitrogens is 1. The van der Waals surface area contributed by atoms with Crippen LogP contribution in [0.15, 0.2) is 22.8 Å². The third-order valence-electron chi connectivity index (χ3n) is 1.96. The summed E-state index contributed by atoms with van der Waals surface area (Å²) in [6.07, 6.45) is 0. The average Bonchev–Trinajstić information content (AvgIpc) is 2.31. The summed E-state index contributed by atoms with van der Waals surface area (Å²) in [5.41, 5.74) is 2.00. The maximum absolute atomic E-state index is 12.8. The van der Waals surface area contributed by atoms with Crippen LogP contribution in [0.4, 0.5) is 4.39 Å². The van der Waals surface area contributed by atoms with Crippen molar-refractivity contribution in [3.05, 3.63) is 34.2 Å². The van der Waals surface area contributed by atoms with Crippen molar-refractivity contribution in [3.8, 4) is 0 Å². The molecule has 1 N–H and O–H groups in total. The zero-order valence-corrected chi connectivity index (χ0v) is 8.07. The first-order valence-electron chi connectivity index (χ1n) is 3.62. The van der Waals surface area contributed by atoms with Crippen LogP contribution in [0.2, 0.25) is 0 Å². The molecule has 0 spiro atoms. The van der Waals surface area contributed by atoms with Crippen molar-refractivity contribution in [2.24, 2.45) is 0 Å². The lowest BCUT2D eigenvalue weighted by Crippen LogP contribution is -1.73. The van der Waals surface area contributed by atoms with Crippen molar-refractivity contribution >= 4 is 26.8 Å². The summed E-state index contributed by atoms with van der Waals surface area (Å²) in [6.45, 7) is 1.95. The normalized spacial score (nSPS) is 10.9. The third kappa shape index (κ3) is 1.05. The molecule has 0 saturated heterocycles. The lowest BCUT2D eigenvalue weighted by atomic mass is 10.2. The second-order valence-corrected chi connectivity index (χ2v) is 3.55. The van der Waals surface area contributed by atoms with Crippen LogP contribution in [0.3, 0.4) is 0 Å². The molecule has 0 unspecified atom stereocenters. The summed E-state index contributed by atoms with van der Waals surface area (Å²) < 4.78 is 13.7. The van der Waals surface area contributed by atoms with Crippen molar-refractivity contribution in [2.75, 3.05) is 0 Å². The van der Waals surface area contributed by atoms with E-state index in [1.807, 2.05) is 6.92 Å². The standard InChI is InChI=1S/C9H7BrFN/c1-5-7-4-6(11)2-3-8(7)12-9(5)10/h2-4,12H,1H3. The number of hydrogen-bond acceptors (Lipinski definition) is 0. The van der Waals surface area contributed by atoms with Gasteiger partial charge in [-0.3, -0.25) is 0 Å². The Morgan fingerprint density at radius 1 is 1.42 bits per heavy atom. The summed E-state index contributed by atoms with van der Waals surface area (Å²) in [5.74, 6) is -0.197. The van der Waals surface area contributed by atoms with E-state index in [1.54, 1.807) is 6.07 Å². The van der Waals surface area contributed by atoms with Gasteiger partial charge in [0.1, 0.15) is 5.82 Å². The molecule has 0 amide bonds. The SMILES string of the molecule is Cc1c(Br)[nH]c2ccc(F)cc12. The van der Waals surface area contributed by atoms with Crippen LogP contribution in [0.25, 0.3) is 10.9 Å². The molecule has 1 aromatic carbocycles. The molecule has 0 atom stereocenters. The summed E-state index contributed by atoms with van der Waals surface area (Å²) in [7, 11) is 0. The molecule has 0 aliphatic heterocycles. The zero-order valence-electron chi connectivity index (χ0n) is 6.49. The molecule has 0 radical (unpaired) electrons. The fourth-order valence-electron chi connectivity index (χ4n) is 1.27. The number of fused-ring (bicyclic) bond motifs is 1. The van der Waals surface area contributed by atoms with Gasteiger partial charge in [-0.2, -0.15) is 0 Å². The Morgan fingerprint density at radius 3 is 2.92 bits per heavy atom. The number of aromatic nitrogens is 1. The van der Waals surface area contributed by atoms with Gasteiger partial charge in [-0.1, -0.05) is 0 Å². The topological polar surface area (TPSA) is 15.8 Å². The van der Waals surface area contributed by atoms with Gasteiger partial charge < -0.3 is 4.98 Å². The van der Waals surface area contributed by atoms with Crippen LogP contribution in [0.1, 0.15) is 5.56 Å². The van der Waals surface area contributed by atoms with E-state index < -0.39 is 0 Å². The highest BCUT2D eigenvalue weighted by atomic mass is 79.9. The minimum absolute atomic E-state index is 0.197. The fraction of sp³-hybridized carbons (Fsp3) is 0.111. The van der Waals surface area contributed by atoms with Crippen molar-refractivity contribution in [1.29, 1.82) is 0 Å². The Balaban J connectivity index is 2.88. The predicted molar refractivity (Wildman–Crippen MR) is 50.7 cm³/mol. The van der Waals surface area contributed by atoms with E-state index in [1.165, 1.54) is 12.1 Å². The largest absolute Gasteiger partial charge is 0.349 e. The number of aromatic amines is 1. The van der Waals surface area contributed by atoms with Gasteiger partial charge in [0.15, 0.2) is 0 Å². The highest BCUT2D eigenvalue weighted by Gasteiger charge is 2.04. The molecule has 0 aliphatic carbocycles. The van der Waals surface area contributed by atoms with E-state index in [2.05, 4.69) is 20.9 Å². The lowest BCUT2D eigenvalue weighted by molar-refractivity contribution is 0.629. The first-order valence-corrected chi connectivity index (χ1v) is 4.41. The first-order chi connectivity index (χ1) is 5.68. The smallest absolute Gasteiger partial charge is 0.123 e. The van der Waals surface area contributed by atoms with E-state index in [4.69, 9.17) is 0 Å². The Bertz CT molecular complexity index is 433. The van der Waals surface area contributed by atoms with E-state index in [0.29, 0.717) is 0 Å². The van der Waals surface area contributed by atoms with Crippen molar-refractivity contribution < 1.29 is 4.39 Å². The molecule has 1 nitrogen and oxygen atoms in total. The molecule has 0 saturated carbocycles. The summed E-state index contributed by atoms with van der Waals surface area (Å²) in [4.78, 5) is 3.10. The molecule has 0 fully saturated rings. The molecule has 2 aromatic rings. The van der Waals surface area contributed by atoms with Crippen molar-refractivity contribution in [2.45, 2.75) is 6.92 Å². The van der Waals surface area contributed by atoms with Gasteiger partial charge in [0.25, 0.3) is 0 Å². The van der Waals surface area contributed by atoms with Gasteiger partial charge in [0.2, 0.25) is 0 Å². The third-order valence-corrected chi connectivity index (χ3v) is 2.75. The molecule has 12 heavy (non-hydrogen) atoms. The molecular weight excluding hydrogens is 221 g/mol. The van der Waals surface area contributed by atoms with Gasteiger partial charge in [0, 0.05) is 10.9 Å². The second kappa shape index (κ2) is 2.59. The molecule has 1 aromatic heterocycles. The summed E-state index contributed by atoms with van der Waals surface area (Å²) in [6, 6.07) is 4.72. The minimum Gasteiger partial charge on any atom is -0.349 e. The monoisotopic (exact) mass is 227 g/mol. The molecular formula is C9H7BrFN. The van der Waals surface area contributed by atoms with Crippen molar-refractivity contribution in [1.82, 2.24) is 4.98 Å². The number of hydrogen-bond donors (Lipinski definition) is 1. The zero-order chi connectivity index (χ0) is 8.72. The number of aryl methyl sites for hydroxylation is 1. The van der Waals surface area contributed by atoms with Gasteiger partial charge in [0.05, 0.1) is 4.60 Å². The highest BCUT2D eigenvalue weighted by Crippen LogP contribution is 2.25. The van der Waals surface area contributed by atoms with Gasteiger partial charge in [-0.15, -0.1) is 0 Å². The second-order valence-electron chi connectivity index (χ2n) is 2.75. The summed E-state index contributed by atoms with van der Waals surface area (Å²) in [5, 5.41) is 0.932. The Kier molecular flexibility index (Phi) is 1.68. The van der Waals surface area contributed by atoms with E-state index in [-0.39, 0.29) is 5.82 Å². The van der Waals surface area contributed by atoms with Crippen LogP contribution in [0, 0.1) is 12.7 Å². The molecule has 3 heteroatoms. The van der Waals surface area contributed by atoms with Gasteiger partial charge in [-0.25, -0.2) is 4.39 Å². The van der Waals surface area contributed by atoms with Crippen LogP contribution in [-0.2, 0) is 0 Å². The van der Waals surface area contributed by atoms with E-state index in [0.717, 1.165) is 21.1 Å². The molecule has 1 heterocycles. The van der Waals surface area contributed by atoms with E-state index >= 15 is 0 Å². The highest BCUT2D eigenvalue weighted by molar-refractivity contribution is 9.10. The maximum atomic E-state index is 12.8. The molecule has 0 bridgehead atoms. The fourth-order valence-corrected chi connectivity index (χ4v) is 1.69. The van der Waals surface area contributed by atoms with Crippen LogP contribution in [0.5, 0.6) is 0 Å². The van der Waals surface area contributed by atoms with Gasteiger partial charge >= 0.3 is 0 Å². The minimum atomic E-state index is -0.197. The molecule has 62 valence electrons. The number of rotatable bonds is 0. The summed E-state index contributed by atoms with van der Waals surface area (Å²) >= 11 is 3.36. The first kappa shape index (κ1) is 7.80.